The Kier molecular flexibility index (Phi) is 7.27. The number of amides is 1. The zero-order valence-electron chi connectivity index (χ0n) is 19.3. The summed E-state index contributed by atoms with van der Waals surface area (Å²) >= 11 is 1.55. The molecule has 0 fully saturated rings. The molecule has 4 rings (SSSR count). The van der Waals surface area contributed by atoms with Crippen molar-refractivity contribution in [3.05, 3.63) is 69.6 Å². The number of anilines is 1. The van der Waals surface area contributed by atoms with Gasteiger partial charge in [0.15, 0.2) is 0 Å². The number of aliphatic imine (C=N–C) groups is 1. The van der Waals surface area contributed by atoms with E-state index in [-0.39, 0.29) is 11.9 Å². The highest BCUT2D eigenvalue weighted by atomic mass is 32.1. The van der Waals surface area contributed by atoms with Crippen molar-refractivity contribution in [3.63, 3.8) is 0 Å². The Labute approximate surface area is 202 Å². The van der Waals surface area contributed by atoms with Crippen molar-refractivity contribution in [2.75, 3.05) is 26.1 Å². The van der Waals surface area contributed by atoms with Gasteiger partial charge in [0.2, 0.25) is 0 Å². The van der Waals surface area contributed by atoms with Crippen molar-refractivity contribution in [3.8, 4) is 11.5 Å². The molecule has 0 unspecified atom stereocenters. The van der Waals surface area contributed by atoms with Gasteiger partial charge in [-0.1, -0.05) is 0 Å². The molecular weight excluding hydrogens is 452 g/mol. The molecule has 1 aliphatic rings. The van der Waals surface area contributed by atoms with Gasteiger partial charge in [0.1, 0.15) is 16.5 Å². The summed E-state index contributed by atoms with van der Waals surface area (Å²) in [5.41, 5.74) is 3.46. The van der Waals surface area contributed by atoms with Crippen molar-refractivity contribution < 1.29 is 23.8 Å². The normalized spacial score (nSPS) is 12.4. The minimum atomic E-state index is -0.388. The Hall–Kier alpha value is -3.65. The first-order valence-electron chi connectivity index (χ1n) is 11.0. The lowest BCUT2D eigenvalue weighted by Gasteiger charge is -2.08. The SMILES string of the molecule is CCOC(=O)c1ccc(NC(=O)c2c(/N=C/c3cc(OC)ccc3OC)sc3c2CCC3)cc1. The fourth-order valence-electron chi connectivity index (χ4n) is 3.88. The van der Waals surface area contributed by atoms with Gasteiger partial charge < -0.3 is 19.5 Å². The average Bonchev–Trinajstić information content (AvgIpc) is 3.44. The Morgan fingerprint density at radius 1 is 1.09 bits per heavy atom. The molecule has 3 aromatic rings. The van der Waals surface area contributed by atoms with E-state index < -0.39 is 0 Å². The molecule has 1 amide bonds. The Morgan fingerprint density at radius 2 is 1.88 bits per heavy atom. The summed E-state index contributed by atoms with van der Waals surface area (Å²) in [4.78, 5) is 31.1. The first-order chi connectivity index (χ1) is 16.5. The number of aryl methyl sites for hydroxylation is 1. The number of methoxy groups -OCH3 is 2. The summed E-state index contributed by atoms with van der Waals surface area (Å²) in [6.07, 6.45) is 4.54. The second-order valence-corrected chi connectivity index (χ2v) is 8.74. The number of hydrogen-bond donors (Lipinski definition) is 1. The van der Waals surface area contributed by atoms with E-state index in [0.717, 1.165) is 30.4 Å². The molecule has 1 aliphatic carbocycles. The highest BCUT2D eigenvalue weighted by molar-refractivity contribution is 7.16. The second-order valence-electron chi connectivity index (χ2n) is 7.66. The van der Waals surface area contributed by atoms with Crippen LogP contribution in [-0.2, 0) is 17.6 Å². The third-order valence-electron chi connectivity index (χ3n) is 5.54. The highest BCUT2D eigenvalue weighted by Gasteiger charge is 2.26. The van der Waals surface area contributed by atoms with Gasteiger partial charge in [-0.25, -0.2) is 9.79 Å². The quantitative estimate of drug-likeness (QED) is 0.344. The maximum Gasteiger partial charge on any atom is 0.338 e. The maximum absolute atomic E-state index is 13.3. The second kappa shape index (κ2) is 10.5. The van der Waals surface area contributed by atoms with Crippen molar-refractivity contribution in [2.24, 2.45) is 4.99 Å². The van der Waals surface area contributed by atoms with Crippen molar-refractivity contribution in [1.82, 2.24) is 0 Å². The minimum absolute atomic E-state index is 0.215. The number of esters is 1. The lowest BCUT2D eigenvalue weighted by atomic mass is 10.1. The summed E-state index contributed by atoms with van der Waals surface area (Å²) in [5, 5.41) is 3.61. The van der Waals surface area contributed by atoms with Gasteiger partial charge in [0.25, 0.3) is 5.91 Å². The summed E-state index contributed by atoms with van der Waals surface area (Å²) in [7, 11) is 3.21. The Morgan fingerprint density at radius 3 is 2.59 bits per heavy atom. The van der Waals surface area contributed by atoms with Gasteiger partial charge in [0.05, 0.1) is 32.0 Å². The van der Waals surface area contributed by atoms with Crippen LogP contribution in [0.2, 0.25) is 0 Å². The fourth-order valence-corrected chi connectivity index (χ4v) is 5.11. The third kappa shape index (κ3) is 4.97. The lowest BCUT2D eigenvalue weighted by Crippen LogP contribution is -2.13. The van der Waals surface area contributed by atoms with E-state index in [9.17, 15) is 9.59 Å². The van der Waals surface area contributed by atoms with Crippen LogP contribution in [0.3, 0.4) is 0 Å². The summed E-state index contributed by atoms with van der Waals surface area (Å²) < 4.78 is 15.8. The van der Waals surface area contributed by atoms with Crippen LogP contribution in [0, 0.1) is 0 Å². The molecule has 0 saturated heterocycles. The number of carbonyl (C=O) groups excluding carboxylic acids is 2. The van der Waals surface area contributed by atoms with Gasteiger partial charge in [-0.2, -0.15) is 0 Å². The number of fused-ring (bicyclic) bond motifs is 1. The number of nitrogens with one attached hydrogen (secondary N) is 1. The van der Waals surface area contributed by atoms with Gasteiger partial charge in [-0.05, 0) is 74.2 Å². The van der Waals surface area contributed by atoms with Crippen LogP contribution in [0.1, 0.15) is 50.1 Å². The van der Waals surface area contributed by atoms with Crippen LogP contribution in [-0.4, -0.2) is 38.9 Å². The molecule has 0 radical (unpaired) electrons. The summed E-state index contributed by atoms with van der Waals surface area (Å²) in [5.74, 6) is 0.759. The van der Waals surface area contributed by atoms with Gasteiger partial charge in [0, 0.05) is 22.3 Å². The number of rotatable bonds is 8. The van der Waals surface area contributed by atoms with E-state index in [1.165, 1.54) is 4.88 Å². The molecule has 8 heteroatoms. The fraction of sp³-hybridized carbons (Fsp3) is 0.269. The smallest absolute Gasteiger partial charge is 0.338 e. The van der Waals surface area contributed by atoms with Crippen molar-refractivity contribution >= 4 is 40.1 Å². The molecule has 2 aromatic carbocycles. The number of nitrogens with zero attached hydrogens (tertiary/aromatic N) is 1. The van der Waals surface area contributed by atoms with E-state index in [4.69, 9.17) is 14.2 Å². The zero-order valence-corrected chi connectivity index (χ0v) is 20.2. The van der Waals surface area contributed by atoms with E-state index in [1.807, 2.05) is 18.2 Å². The third-order valence-corrected chi connectivity index (χ3v) is 6.74. The van der Waals surface area contributed by atoms with Crippen LogP contribution in [0.25, 0.3) is 0 Å². The Balaban J connectivity index is 1.60. The number of benzene rings is 2. The van der Waals surface area contributed by atoms with Crippen LogP contribution in [0.5, 0.6) is 11.5 Å². The molecule has 7 nitrogen and oxygen atoms in total. The molecule has 0 saturated carbocycles. The number of thiophene rings is 1. The number of carbonyl (C=O) groups is 2. The summed E-state index contributed by atoms with van der Waals surface area (Å²) in [6.45, 7) is 2.07. The first-order valence-corrected chi connectivity index (χ1v) is 11.8. The van der Waals surface area contributed by atoms with Crippen molar-refractivity contribution in [2.45, 2.75) is 26.2 Å². The highest BCUT2D eigenvalue weighted by Crippen LogP contribution is 2.41. The largest absolute Gasteiger partial charge is 0.497 e. The average molecular weight is 479 g/mol. The molecule has 34 heavy (non-hydrogen) atoms. The Bertz CT molecular complexity index is 1230. The molecule has 0 spiro atoms. The molecule has 0 atom stereocenters. The molecule has 1 heterocycles. The predicted molar refractivity (Wildman–Crippen MR) is 133 cm³/mol. The summed E-state index contributed by atoms with van der Waals surface area (Å²) in [6, 6.07) is 12.2. The maximum atomic E-state index is 13.3. The van der Waals surface area contributed by atoms with E-state index >= 15 is 0 Å². The zero-order chi connectivity index (χ0) is 24.1. The van der Waals surface area contributed by atoms with Crippen LogP contribution < -0.4 is 14.8 Å². The predicted octanol–water partition coefficient (Wildman–Crippen LogP) is 5.43. The first kappa shape index (κ1) is 23.5. The van der Waals surface area contributed by atoms with Crippen LogP contribution in [0.15, 0.2) is 47.5 Å². The molecule has 176 valence electrons. The van der Waals surface area contributed by atoms with Gasteiger partial charge in [-0.15, -0.1) is 11.3 Å². The molecule has 1 aromatic heterocycles. The number of hydrogen-bond acceptors (Lipinski definition) is 7. The minimum Gasteiger partial charge on any atom is -0.497 e. The van der Waals surface area contributed by atoms with Crippen molar-refractivity contribution in [1.29, 1.82) is 0 Å². The van der Waals surface area contributed by atoms with Crippen LogP contribution >= 0.6 is 11.3 Å². The standard InChI is InChI=1S/C26H26N2O5S/c1-4-33-26(30)16-8-10-18(11-9-16)28-24(29)23-20-6-5-7-22(20)34-25(23)27-15-17-14-19(31-2)12-13-21(17)32-3/h8-15H,4-7H2,1-3H3,(H,28,29)/b27-15+. The van der Waals surface area contributed by atoms with E-state index in [1.54, 1.807) is 63.0 Å². The number of ether oxygens (including phenoxy) is 3. The topological polar surface area (TPSA) is 86.2 Å². The van der Waals surface area contributed by atoms with E-state index in [2.05, 4.69) is 10.3 Å². The molecule has 0 aliphatic heterocycles. The molecule has 0 bridgehead atoms. The molecular formula is C26H26N2O5S. The monoisotopic (exact) mass is 478 g/mol. The lowest BCUT2D eigenvalue weighted by molar-refractivity contribution is 0.0526. The van der Waals surface area contributed by atoms with Gasteiger partial charge in [-0.3, -0.25) is 4.79 Å². The van der Waals surface area contributed by atoms with Crippen LogP contribution in [0.4, 0.5) is 10.7 Å². The van der Waals surface area contributed by atoms with Gasteiger partial charge >= 0.3 is 5.97 Å². The van der Waals surface area contributed by atoms with E-state index in [0.29, 0.717) is 39.9 Å². The molecule has 1 N–H and O–H groups in total.